The first-order valence-corrected chi connectivity index (χ1v) is 9.60. The summed E-state index contributed by atoms with van der Waals surface area (Å²) in [7, 11) is 1.71. The number of hydrogen-bond acceptors (Lipinski definition) is 4. The number of nitrogens with zero attached hydrogens (tertiary/aromatic N) is 1. The third kappa shape index (κ3) is 12.0. The average molecular weight is 397 g/mol. The summed E-state index contributed by atoms with van der Waals surface area (Å²) in [5.41, 5.74) is -0.488. The van der Waals surface area contributed by atoms with E-state index in [1.807, 2.05) is 20.8 Å². The van der Waals surface area contributed by atoms with Gasteiger partial charge >= 0.3 is 6.09 Å². The summed E-state index contributed by atoms with van der Waals surface area (Å²) in [5.74, 6) is 1.12. The van der Waals surface area contributed by atoms with Gasteiger partial charge in [-0.1, -0.05) is 0 Å². The Morgan fingerprint density at radius 3 is 2.21 bits per heavy atom. The Balaban J connectivity index is 2.03. The van der Waals surface area contributed by atoms with Crippen LogP contribution in [0.4, 0.5) is 9.18 Å². The van der Waals surface area contributed by atoms with Gasteiger partial charge in [0.15, 0.2) is 5.96 Å². The Bertz CT molecular complexity index is 600. The maximum atomic E-state index is 12.8. The molecule has 158 valence electrons. The topological polar surface area (TPSA) is 84.0 Å². The molecule has 0 fully saturated rings. The lowest BCUT2D eigenvalue weighted by molar-refractivity contribution is 0.0527. The number of amides is 1. The van der Waals surface area contributed by atoms with Crippen LogP contribution in [0.2, 0.25) is 0 Å². The van der Waals surface area contributed by atoms with Crippen LogP contribution in [0.25, 0.3) is 0 Å². The maximum Gasteiger partial charge on any atom is 0.407 e. The number of benzene rings is 1. The zero-order valence-corrected chi connectivity index (χ0v) is 17.3. The van der Waals surface area contributed by atoms with Crippen LogP contribution in [-0.2, 0) is 4.74 Å². The van der Waals surface area contributed by atoms with Gasteiger partial charge in [0.2, 0.25) is 0 Å². The number of nitrogens with one attached hydrogen (secondary N) is 3. The molecule has 1 aromatic carbocycles. The molecule has 0 unspecified atom stereocenters. The van der Waals surface area contributed by atoms with E-state index < -0.39 is 11.7 Å². The molecule has 0 bridgehead atoms. The number of hydrogen-bond donors (Lipinski definition) is 3. The predicted octanol–water partition coefficient (Wildman–Crippen LogP) is 3.06. The van der Waals surface area contributed by atoms with Crippen LogP contribution in [0.5, 0.6) is 5.75 Å². The summed E-state index contributed by atoms with van der Waals surface area (Å²) in [4.78, 5) is 15.7. The first kappa shape index (κ1) is 23.5. The van der Waals surface area contributed by atoms with E-state index in [9.17, 15) is 9.18 Å². The highest BCUT2D eigenvalue weighted by molar-refractivity contribution is 5.79. The summed E-state index contributed by atoms with van der Waals surface area (Å²) < 4.78 is 23.5. The predicted molar refractivity (Wildman–Crippen MR) is 109 cm³/mol. The Labute approximate surface area is 167 Å². The average Bonchev–Trinajstić information content (AvgIpc) is 2.62. The Morgan fingerprint density at radius 2 is 1.61 bits per heavy atom. The van der Waals surface area contributed by atoms with Crippen LogP contribution >= 0.6 is 0 Å². The number of aliphatic imine (C=N–C) groups is 1. The molecule has 0 aliphatic carbocycles. The van der Waals surface area contributed by atoms with Crippen molar-refractivity contribution in [3.8, 4) is 5.75 Å². The summed E-state index contributed by atoms with van der Waals surface area (Å²) >= 11 is 0. The fraction of sp³-hybridized carbons (Fsp3) is 0.600. The minimum Gasteiger partial charge on any atom is -0.494 e. The number of halogens is 1. The molecule has 1 rings (SSSR count). The van der Waals surface area contributed by atoms with Crippen molar-refractivity contribution in [1.82, 2.24) is 16.0 Å². The lowest BCUT2D eigenvalue weighted by Gasteiger charge is -2.19. The zero-order valence-electron chi connectivity index (χ0n) is 17.3. The summed E-state index contributed by atoms with van der Waals surface area (Å²) in [5, 5.41) is 9.14. The number of carbonyl (C=O) groups is 1. The summed E-state index contributed by atoms with van der Waals surface area (Å²) in [6.45, 7) is 8.05. The van der Waals surface area contributed by atoms with Gasteiger partial charge in [-0.2, -0.15) is 0 Å². The van der Waals surface area contributed by atoms with Crippen LogP contribution in [0.15, 0.2) is 29.3 Å². The molecular weight excluding hydrogens is 363 g/mol. The quantitative estimate of drug-likeness (QED) is 0.322. The Morgan fingerprint density at radius 1 is 1.00 bits per heavy atom. The second-order valence-corrected chi connectivity index (χ2v) is 7.22. The summed E-state index contributed by atoms with van der Waals surface area (Å²) in [6, 6.07) is 6.01. The second kappa shape index (κ2) is 12.8. The molecule has 0 aliphatic heterocycles. The minimum absolute atomic E-state index is 0.268. The van der Waals surface area contributed by atoms with Crippen LogP contribution in [-0.4, -0.2) is 50.9 Å². The van der Waals surface area contributed by atoms with E-state index in [-0.39, 0.29) is 5.82 Å². The molecule has 0 atom stereocenters. The van der Waals surface area contributed by atoms with E-state index in [1.165, 1.54) is 12.1 Å². The number of guanidine groups is 1. The van der Waals surface area contributed by atoms with Gasteiger partial charge in [0, 0.05) is 26.7 Å². The highest BCUT2D eigenvalue weighted by atomic mass is 19.1. The Kier molecular flexibility index (Phi) is 10.8. The molecule has 1 aromatic rings. The molecule has 0 heterocycles. The van der Waals surface area contributed by atoms with Gasteiger partial charge in [-0.15, -0.1) is 0 Å². The van der Waals surface area contributed by atoms with E-state index in [1.54, 1.807) is 19.2 Å². The van der Waals surface area contributed by atoms with Crippen molar-refractivity contribution in [1.29, 1.82) is 0 Å². The third-order valence-corrected chi connectivity index (χ3v) is 3.48. The van der Waals surface area contributed by atoms with E-state index >= 15 is 0 Å². The van der Waals surface area contributed by atoms with Crippen molar-refractivity contribution < 1.29 is 18.7 Å². The van der Waals surface area contributed by atoms with E-state index in [4.69, 9.17) is 9.47 Å². The first-order chi connectivity index (χ1) is 13.3. The highest BCUT2D eigenvalue weighted by Crippen LogP contribution is 2.11. The molecule has 0 aromatic heterocycles. The lowest BCUT2D eigenvalue weighted by atomic mass is 10.2. The van der Waals surface area contributed by atoms with Crippen molar-refractivity contribution >= 4 is 12.1 Å². The molecule has 7 nitrogen and oxygen atoms in total. The van der Waals surface area contributed by atoms with Crippen LogP contribution in [0.1, 0.15) is 40.0 Å². The molecule has 0 aliphatic rings. The highest BCUT2D eigenvalue weighted by Gasteiger charge is 2.15. The zero-order chi connectivity index (χ0) is 20.8. The number of ether oxygens (including phenoxy) is 2. The molecule has 3 N–H and O–H groups in total. The SMILES string of the molecule is CN=C(NCCCCOc1ccc(F)cc1)NCCCNC(=O)OC(C)(C)C. The third-order valence-electron chi connectivity index (χ3n) is 3.48. The maximum absolute atomic E-state index is 12.8. The molecule has 28 heavy (non-hydrogen) atoms. The largest absolute Gasteiger partial charge is 0.494 e. The molecule has 0 saturated carbocycles. The normalized spacial score (nSPS) is 11.7. The lowest BCUT2D eigenvalue weighted by Crippen LogP contribution is -2.39. The molecule has 8 heteroatoms. The molecule has 0 spiro atoms. The smallest absolute Gasteiger partial charge is 0.407 e. The Hall–Kier alpha value is -2.51. The van der Waals surface area contributed by atoms with Crippen LogP contribution < -0.4 is 20.7 Å². The number of unbranched alkanes of at least 4 members (excludes halogenated alkanes) is 1. The number of alkyl carbamates (subject to hydrolysis) is 1. The fourth-order valence-corrected chi connectivity index (χ4v) is 2.18. The van der Waals surface area contributed by atoms with Crippen LogP contribution in [0.3, 0.4) is 0 Å². The fourth-order valence-electron chi connectivity index (χ4n) is 2.18. The van der Waals surface area contributed by atoms with Crippen molar-refractivity contribution in [2.24, 2.45) is 4.99 Å². The van der Waals surface area contributed by atoms with Crippen molar-refractivity contribution in [3.05, 3.63) is 30.1 Å². The van der Waals surface area contributed by atoms with Gasteiger partial charge in [-0.3, -0.25) is 4.99 Å². The number of rotatable bonds is 10. The van der Waals surface area contributed by atoms with Gasteiger partial charge in [0.05, 0.1) is 6.61 Å². The molecule has 0 saturated heterocycles. The van der Waals surface area contributed by atoms with E-state index in [0.29, 0.717) is 25.4 Å². The minimum atomic E-state index is -0.488. The van der Waals surface area contributed by atoms with Crippen molar-refractivity contribution in [2.75, 3.05) is 33.3 Å². The van der Waals surface area contributed by atoms with Gasteiger partial charge in [0.1, 0.15) is 17.2 Å². The van der Waals surface area contributed by atoms with Crippen LogP contribution in [0, 0.1) is 5.82 Å². The van der Waals surface area contributed by atoms with Gasteiger partial charge in [-0.25, -0.2) is 9.18 Å². The van der Waals surface area contributed by atoms with Gasteiger partial charge < -0.3 is 25.4 Å². The van der Waals surface area contributed by atoms with E-state index in [2.05, 4.69) is 20.9 Å². The first-order valence-electron chi connectivity index (χ1n) is 9.60. The van der Waals surface area contributed by atoms with Crippen molar-refractivity contribution in [3.63, 3.8) is 0 Å². The molecule has 0 radical (unpaired) electrons. The second-order valence-electron chi connectivity index (χ2n) is 7.22. The van der Waals surface area contributed by atoms with Gasteiger partial charge in [0.25, 0.3) is 0 Å². The summed E-state index contributed by atoms with van der Waals surface area (Å²) in [6.07, 6.45) is 2.15. The monoisotopic (exact) mass is 396 g/mol. The van der Waals surface area contributed by atoms with Gasteiger partial charge in [-0.05, 0) is 64.3 Å². The number of carbonyl (C=O) groups excluding carboxylic acids is 1. The molecule has 1 amide bonds. The van der Waals surface area contributed by atoms with E-state index in [0.717, 1.165) is 31.8 Å². The molecular formula is C20H33FN4O3. The standard InChI is InChI=1S/C20H33FN4O3/c1-20(2,3)28-19(26)25-14-7-13-24-18(22-4)23-12-5-6-15-27-17-10-8-16(21)9-11-17/h8-11H,5-7,12-15H2,1-4H3,(H,25,26)(H2,22,23,24). The van der Waals surface area contributed by atoms with Crippen molar-refractivity contribution in [2.45, 2.75) is 45.6 Å².